The summed E-state index contributed by atoms with van der Waals surface area (Å²) in [6.45, 7) is 6.45. The third kappa shape index (κ3) is 6.16. The van der Waals surface area contributed by atoms with Gasteiger partial charge in [0.15, 0.2) is 5.96 Å². The van der Waals surface area contributed by atoms with Gasteiger partial charge in [0.2, 0.25) is 0 Å². The quantitative estimate of drug-likeness (QED) is 0.293. The highest BCUT2D eigenvalue weighted by molar-refractivity contribution is 14.0. The molecule has 1 saturated heterocycles. The third-order valence-corrected chi connectivity index (χ3v) is 5.67. The van der Waals surface area contributed by atoms with Gasteiger partial charge in [0.25, 0.3) is 0 Å². The van der Waals surface area contributed by atoms with E-state index < -0.39 is 0 Å². The molecule has 176 valence electrons. The van der Waals surface area contributed by atoms with Crippen molar-refractivity contribution >= 4 is 47.1 Å². The molecule has 0 spiro atoms. The fraction of sp³-hybridized carbons (Fsp3) is 0.375. The predicted octanol–water partition coefficient (Wildman–Crippen LogP) is 3.55. The van der Waals surface area contributed by atoms with Crippen LogP contribution in [-0.4, -0.2) is 71.2 Å². The molecule has 8 nitrogen and oxygen atoms in total. The van der Waals surface area contributed by atoms with Crippen LogP contribution in [0.2, 0.25) is 0 Å². The van der Waals surface area contributed by atoms with E-state index in [2.05, 4.69) is 55.1 Å². The zero-order chi connectivity index (χ0) is 22.3. The Kier molecular flexibility index (Phi) is 8.93. The summed E-state index contributed by atoms with van der Waals surface area (Å²) in [6, 6.07) is 16.8. The number of amides is 1. The number of fused-ring (bicyclic) bond motifs is 1. The minimum absolute atomic E-state index is 0. The second-order valence-corrected chi connectivity index (χ2v) is 7.75. The molecule has 3 aromatic rings. The number of rotatable bonds is 5. The van der Waals surface area contributed by atoms with Crippen molar-refractivity contribution in [3.05, 3.63) is 66.0 Å². The van der Waals surface area contributed by atoms with Gasteiger partial charge in [-0.15, -0.1) is 24.0 Å². The number of nitrogens with zero attached hydrogens (tertiary/aromatic N) is 5. The molecule has 1 amide bonds. The first kappa shape index (κ1) is 24.8. The minimum atomic E-state index is -0.237. The van der Waals surface area contributed by atoms with E-state index >= 15 is 0 Å². The van der Waals surface area contributed by atoms with Gasteiger partial charge in [0, 0.05) is 46.3 Å². The number of guanidine groups is 1. The normalized spacial score (nSPS) is 14.2. The van der Waals surface area contributed by atoms with Gasteiger partial charge in [-0.1, -0.05) is 36.4 Å². The number of ether oxygens (including phenoxy) is 1. The Bertz CT molecular complexity index is 1070. The van der Waals surface area contributed by atoms with Gasteiger partial charge in [0.1, 0.15) is 0 Å². The molecule has 0 atom stereocenters. The van der Waals surface area contributed by atoms with Gasteiger partial charge in [-0.25, -0.2) is 9.78 Å². The van der Waals surface area contributed by atoms with Crippen molar-refractivity contribution < 1.29 is 9.53 Å². The van der Waals surface area contributed by atoms with Crippen molar-refractivity contribution in [2.24, 2.45) is 4.99 Å². The summed E-state index contributed by atoms with van der Waals surface area (Å²) in [7, 11) is 1.79. The number of aromatic nitrogens is 2. The van der Waals surface area contributed by atoms with Gasteiger partial charge in [-0.05, 0) is 30.2 Å². The summed E-state index contributed by atoms with van der Waals surface area (Å²) in [5, 5.41) is 3.44. The molecule has 1 aliphatic heterocycles. The Balaban J connectivity index is 0.00000306. The van der Waals surface area contributed by atoms with Crippen LogP contribution in [0, 0.1) is 0 Å². The number of carbonyl (C=O) groups excluding carboxylic acids is 1. The van der Waals surface area contributed by atoms with Crippen molar-refractivity contribution in [3.63, 3.8) is 0 Å². The molecule has 2 heterocycles. The SMILES string of the molecule is CCOC(=O)N1CCN(C(=NC)NCc2ccc(Cn3cnc4ccccc43)cc2)CC1.I. The Morgan fingerprint density at radius 2 is 1.70 bits per heavy atom. The molecule has 0 saturated carbocycles. The first-order valence-electron chi connectivity index (χ1n) is 11.0. The average molecular weight is 562 g/mol. The van der Waals surface area contributed by atoms with E-state index in [0.717, 1.165) is 36.6 Å². The van der Waals surface area contributed by atoms with Crippen molar-refractivity contribution in [2.75, 3.05) is 39.8 Å². The summed E-state index contributed by atoms with van der Waals surface area (Å²) in [5.41, 5.74) is 4.58. The number of aliphatic imine (C=N–C) groups is 1. The number of nitrogens with one attached hydrogen (secondary N) is 1. The van der Waals surface area contributed by atoms with Crippen LogP contribution in [0.5, 0.6) is 0 Å². The summed E-state index contributed by atoms with van der Waals surface area (Å²) in [5.74, 6) is 0.850. The first-order valence-corrected chi connectivity index (χ1v) is 11.0. The zero-order valence-electron chi connectivity index (χ0n) is 19.1. The predicted molar refractivity (Wildman–Crippen MR) is 141 cm³/mol. The topological polar surface area (TPSA) is 75.0 Å². The molecule has 0 radical (unpaired) electrons. The Morgan fingerprint density at radius 1 is 1.03 bits per heavy atom. The minimum Gasteiger partial charge on any atom is -0.450 e. The number of carbonyl (C=O) groups is 1. The second-order valence-electron chi connectivity index (χ2n) is 7.75. The Hall–Kier alpha value is -2.82. The molecule has 4 rings (SSSR count). The van der Waals surface area contributed by atoms with E-state index in [-0.39, 0.29) is 30.1 Å². The molecule has 1 fully saturated rings. The van der Waals surface area contributed by atoms with Gasteiger partial charge in [0.05, 0.1) is 24.0 Å². The second kappa shape index (κ2) is 11.9. The Labute approximate surface area is 211 Å². The monoisotopic (exact) mass is 562 g/mol. The maximum Gasteiger partial charge on any atom is 0.409 e. The number of halogens is 1. The molecule has 0 unspecified atom stereocenters. The van der Waals surface area contributed by atoms with Gasteiger partial charge in [-0.3, -0.25) is 4.99 Å². The zero-order valence-corrected chi connectivity index (χ0v) is 21.4. The van der Waals surface area contributed by atoms with Crippen LogP contribution in [0.25, 0.3) is 11.0 Å². The molecule has 2 aromatic carbocycles. The highest BCUT2D eigenvalue weighted by Gasteiger charge is 2.23. The molecule has 9 heteroatoms. The van der Waals surface area contributed by atoms with Crippen molar-refractivity contribution in [1.29, 1.82) is 0 Å². The highest BCUT2D eigenvalue weighted by Crippen LogP contribution is 2.14. The van der Waals surface area contributed by atoms with E-state index in [1.165, 1.54) is 11.1 Å². The molecule has 1 aromatic heterocycles. The molecule has 0 aliphatic carbocycles. The van der Waals surface area contributed by atoms with Crippen LogP contribution < -0.4 is 5.32 Å². The fourth-order valence-corrected chi connectivity index (χ4v) is 3.92. The number of hydrogen-bond acceptors (Lipinski definition) is 4. The lowest BCUT2D eigenvalue weighted by atomic mass is 10.1. The van der Waals surface area contributed by atoms with Gasteiger partial charge in [-0.2, -0.15) is 0 Å². The van der Waals surface area contributed by atoms with Crippen LogP contribution in [0.3, 0.4) is 0 Å². The number of piperazine rings is 1. The van der Waals surface area contributed by atoms with Crippen LogP contribution in [0.15, 0.2) is 59.9 Å². The summed E-state index contributed by atoms with van der Waals surface area (Å²) in [4.78, 5) is 24.7. The smallest absolute Gasteiger partial charge is 0.409 e. The number of benzene rings is 2. The average Bonchev–Trinajstić information content (AvgIpc) is 3.24. The van der Waals surface area contributed by atoms with E-state index in [4.69, 9.17) is 4.74 Å². The molecule has 33 heavy (non-hydrogen) atoms. The lowest BCUT2D eigenvalue weighted by molar-refractivity contribution is 0.0914. The van der Waals surface area contributed by atoms with Crippen molar-refractivity contribution in [1.82, 2.24) is 24.7 Å². The number of para-hydroxylation sites is 2. The van der Waals surface area contributed by atoms with E-state index in [9.17, 15) is 4.79 Å². The molecular weight excluding hydrogens is 531 g/mol. The lowest BCUT2D eigenvalue weighted by Crippen LogP contribution is -2.53. The fourth-order valence-electron chi connectivity index (χ4n) is 3.92. The van der Waals surface area contributed by atoms with Crippen molar-refractivity contribution in [3.8, 4) is 0 Å². The molecular formula is C24H31IN6O2. The molecule has 0 bridgehead atoms. The summed E-state index contributed by atoms with van der Waals surface area (Å²) >= 11 is 0. The van der Waals surface area contributed by atoms with Crippen LogP contribution in [0.4, 0.5) is 4.79 Å². The summed E-state index contributed by atoms with van der Waals surface area (Å²) in [6.07, 6.45) is 1.66. The maximum absolute atomic E-state index is 11.9. The third-order valence-electron chi connectivity index (χ3n) is 5.67. The van der Waals surface area contributed by atoms with Gasteiger partial charge < -0.3 is 24.4 Å². The van der Waals surface area contributed by atoms with E-state index in [1.54, 1.807) is 11.9 Å². The molecule has 1 aliphatic rings. The summed E-state index contributed by atoms with van der Waals surface area (Å²) < 4.78 is 7.26. The van der Waals surface area contributed by atoms with Crippen LogP contribution in [-0.2, 0) is 17.8 Å². The standard InChI is InChI=1S/C24H30N6O2.HI/c1-3-32-24(31)29-14-12-28(13-15-29)23(25-2)26-16-19-8-10-20(11-9-19)17-30-18-27-21-6-4-5-7-22(21)30;/h4-11,18H,3,12-17H2,1-2H3,(H,25,26);1H. The van der Waals surface area contributed by atoms with Gasteiger partial charge >= 0.3 is 6.09 Å². The largest absolute Gasteiger partial charge is 0.450 e. The van der Waals surface area contributed by atoms with Crippen molar-refractivity contribution in [2.45, 2.75) is 20.0 Å². The highest BCUT2D eigenvalue weighted by atomic mass is 127. The van der Waals surface area contributed by atoms with E-state index in [1.807, 2.05) is 31.5 Å². The van der Waals surface area contributed by atoms with Crippen LogP contribution in [0.1, 0.15) is 18.1 Å². The van der Waals surface area contributed by atoms with Crippen LogP contribution >= 0.6 is 24.0 Å². The van der Waals surface area contributed by atoms with E-state index in [0.29, 0.717) is 26.2 Å². The maximum atomic E-state index is 11.9. The number of hydrogen-bond donors (Lipinski definition) is 1. The Morgan fingerprint density at radius 3 is 2.39 bits per heavy atom. The first-order chi connectivity index (χ1) is 15.7. The molecule has 1 N–H and O–H groups in total. The number of imidazole rings is 1. The lowest BCUT2D eigenvalue weighted by Gasteiger charge is -2.35.